The number of nitro groups is 1. The van der Waals surface area contributed by atoms with Crippen molar-refractivity contribution in [1.82, 2.24) is 0 Å². The molecule has 5 nitrogen and oxygen atoms in total. The first-order valence-electron chi connectivity index (χ1n) is 4.84. The van der Waals surface area contributed by atoms with E-state index in [4.69, 9.17) is 5.11 Å². The third-order valence-corrected chi connectivity index (χ3v) is 2.06. The fourth-order valence-corrected chi connectivity index (χ4v) is 1.29. The molecule has 5 heteroatoms. The minimum atomic E-state index is -1.06. The number of rotatable bonds is 5. The van der Waals surface area contributed by atoms with Crippen LogP contribution in [0.1, 0.15) is 12.0 Å². The predicted octanol–water partition coefficient (Wildman–Crippen LogP) is 2.64. The first-order chi connectivity index (χ1) is 8.04. The normalized spacial score (nSPS) is 10.9. The number of non-ortho nitro benzene ring substituents is 1. The molecule has 0 saturated carbocycles. The minimum absolute atomic E-state index is 0.0675. The quantitative estimate of drug-likeness (QED) is 0.367. The summed E-state index contributed by atoms with van der Waals surface area (Å²) in [6.45, 7) is 3.46. The van der Waals surface area contributed by atoms with E-state index in [9.17, 15) is 14.9 Å². The Morgan fingerprint density at radius 2 is 2.24 bits per heavy atom. The highest BCUT2D eigenvalue weighted by Crippen LogP contribution is 2.17. The second-order valence-electron chi connectivity index (χ2n) is 3.32. The van der Waals surface area contributed by atoms with E-state index < -0.39 is 10.9 Å². The summed E-state index contributed by atoms with van der Waals surface area (Å²) in [4.78, 5) is 20.9. The van der Waals surface area contributed by atoms with Gasteiger partial charge in [0.25, 0.3) is 5.69 Å². The molecule has 0 aliphatic carbocycles. The fourth-order valence-electron chi connectivity index (χ4n) is 1.29. The summed E-state index contributed by atoms with van der Waals surface area (Å²) < 4.78 is 0. The lowest BCUT2D eigenvalue weighted by molar-refractivity contribution is -0.384. The lowest BCUT2D eigenvalue weighted by atomic mass is 10.1. The van der Waals surface area contributed by atoms with Crippen molar-refractivity contribution in [3.05, 3.63) is 58.2 Å². The Morgan fingerprint density at radius 1 is 1.53 bits per heavy atom. The van der Waals surface area contributed by atoms with Crippen molar-refractivity contribution in [3.63, 3.8) is 0 Å². The second kappa shape index (κ2) is 5.60. The highest BCUT2D eigenvalue weighted by Gasteiger charge is 2.08. The number of hydrogen-bond acceptors (Lipinski definition) is 3. The van der Waals surface area contributed by atoms with E-state index in [2.05, 4.69) is 6.58 Å². The standard InChI is InChI=1S/C12H11NO4/c1-2-4-10(12(14)15)7-9-5-3-6-11(8-9)13(16)17/h2-3,5-8H,1,4H2,(H,14,15)/b10-7+. The molecule has 0 aliphatic rings. The Morgan fingerprint density at radius 3 is 2.76 bits per heavy atom. The molecule has 0 aromatic heterocycles. The largest absolute Gasteiger partial charge is 0.478 e. The van der Waals surface area contributed by atoms with Crippen LogP contribution in [0.5, 0.6) is 0 Å². The Kier molecular flexibility index (Phi) is 4.16. The molecular formula is C12H11NO4. The van der Waals surface area contributed by atoms with Gasteiger partial charge in [0.15, 0.2) is 0 Å². The van der Waals surface area contributed by atoms with Gasteiger partial charge in [0.2, 0.25) is 0 Å². The highest BCUT2D eigenvalue weighted by molar-refractivity contribution is 5.92. The molecule has 1 aromatic carbocycles. The van der Waals surface area contributed by atoms with E-state index in [0.717, 1.165) is 0 Å². The lowest BCUT2D eigenvalue weighted by Crippen LogP contribution is -1.99. The zero-order chi connectivity index (χ0) is 12.8. The van der Waals surface area contributed by atoms with Gasteiger partial charge in [-0.2, -0.15) is 0 Å². The first kappa shape index (κ1) is 12.6. The Labute approximate surface area is 97.9 Å². The molecular weight excluding hydrogens is 222 g/mol. The van der Waals surface area contributed by atoms with Crippen LogP contribution in [-0.4, -0.2) is 16.0 Å². The van der Waals surface area contributed by atoms with Crippen LogP contribution in [-0.2, 0) is 4.79 Å². The molecule has 0 bridgehead atoms. The van der Waals surface area contributed by atoms with Gasteiger partial charge in [0.1, 0.15) is 0 Å². The average Bonchev–Trinajstić information content (AvgIpc) is 2.28. The maximum absolute atomic E-state index is 10.9. The molecule has 0 heterocycles. The summed E-state index contributed by atoms with van der Waals surface area (Å²) in [5.41, 5.74) is 0.557. The van der Waals surface area contributed by atoms with Gasteiger partial charge < -0.3 is 5.11 Å². The fraction of sp³-hybridized carbons (Fsp3) is 0.0833. The maximum atomic E-state index is 10.9. The van der Waals surface area contributed by atoms with Gasteiger partial charge in [-0.25, -0.2) is 4.79 Å². The summed E-state index contributed by atoms with van der Waals surface area (Å²) in [6.07, 6.45) is 3.08. The van der Waals surface area contributed by atoms with Crippen LogP contribution in [0.3, 0.4) is 0 Å². The van der Waals surface area contributed by atoms with Crippen molar-refractivity contribution < 1.29 is 14.8 Å². The minimum Gasteiger partial charge on any atom is -0.478 e. The van der Waals surface area contributed by atoms with Crippen LogP contribution in [0.25, 0.3) is 6.08 Å². The average molecular weight is 233 g/mol. The number of carbonyl (C=O) groups is 1. The van der Waals surface area contributed by atoms with E-state index in [1.165, 1.54) is 30.4 Å². The van der Waals surface area contributed by atoms with Crippen molar-refractivity contribution >= 4 is 17.7 Å². The van der Waals surface area contributed by atoms with Crippen LogP contribution in [0.4, 0.5) is 5.69 Å². The summed E-state index contributed by atoms with van der Waals surface area (Å²) in [6, 6.07) is 5.80. The predicted molar refractivity (Wildman–Crippen MR) is 63.5 cm³/mol. The number of allylic oxidation sites excluding steroid dienone is 1. The first-order valence-corrected chi connectivity index (χ1v) is 4.84. The molecule has 1 rings (SSSR count). The number of nitro benzene ring substituents is 1. The van der Waals surface area contributed by atoms with Crippen molar-refractivity contribution in [1.29, 1.82) is 0 Å². The summed E-state index contributed by atoms with van der Waals surface area (Å²) in [7, 11) is 0. The molecule has 0 radical (unpaired) electrons. The van der Waals surface area contributed by atoms with E-state index >= 15 is 0 Å². The molecule has 0 atom stereocenters. The Bertz CT molecular complexity index is 491. The van der Waals surface area contributed by atoms with Crippen LogP contribution >= 0.6 is 0 Å². The van der Waals surface area contributed by atoms with Crippen LogP contribution in [0.15, 0.2) is 42.5 Å². The lowest BCUT2D eigenvalue weighted by Gasteiger charge is -1.99. The zero-order valence-corrected chi connectivity index (χ0v) is 9.00. The molecule has 0 amide bonds. The van der Waals surface area contributed by atoms with E-state index in [1.807, 2.05) is 0 Å². The topological polar surface area (TPSA) is 80.4 Å². The molecule has 1 aromatic rings. The molecule has 0 fully saturated rings. The SMILES string of the molecule is C=CC/C(=C\c1cccc([N+](=O)[O-])c1)C(=O)O. The number of nitrogens with zero attached hydrogens (tertiary/aromatic N) is 1. The van der Waals surface area contributed by atoms with Crippen LogP contribution in [0, 0.1) is 10.1 Å². The molecule has 1 N–H and O–H groups in total. The molecule has 0 unspecified atom stereocenters. The zero-order valence-electron chi connectivity index (χ0n) is 9.00. The van der Waals surface area contributed by atoms with Crippen molar-refractivity contribution in [2.75, 3.05) is 0 Å². The van der Waals surface area contributed by atoms with Crippen LogP contribution < -0.4 is 0 Å². The van der Waals surface area contributed by atoms with Gasteiger partial charge >= 0.3 is 5.97 Å². The Balaban J connectivity index is 3.10. The number of carboxylic acid groups (broad SMARTS) is 1. The highest BCUT2D eigenvalue weighted by atomic mass is 16.6. The summed E-state index contributed by atoms with van der Waals surface area (Å²) in [5, 5.41) is 19.4. The van der Waals surface area contributed by atoms with Gasteiger partial charge in [0.05, 0.1) is 4.92 Å². The van der Waals surface area contributed by atoms with Gasteiger partial charge in [0, 0.05) is 17.7 Å². The number of aliphatic carboxylic acids is 1. The smallest absolute Gasteiger partial charge is 0.331 e. The van der Waals surface area contributed by atoms with Crippen molar-refractivity contribution in [3.8, 4) is 0 Å². The monoisotopic (exact) mass is 233 g/mol. The maximum Gasteiger partial charge on any atom is 0.331 e. The molecule has 0 spiro atoms. The van der Waals surface area contributed by atoms with Crippen LogP contribution in [0.2, 0.25) is 0 Å². The third kappa shape index (κ3) is 3.57. The molecule has 0 saturated heterocycles. The number of hydrogen-bond donors (Lipinski definition) is 1. The Hall–Kier alpha value is -2.43. The van der Waals surface area contributed by atoms with E-state index in [-0.39, 0.29) is 17.7 Å². The molecule has 17 heavy (non-hydrogen) atoms. The number of benzene rings is 1. The summed E-state index contributed by atoms with van der Waals surface area (Å²) in [5.74, 6) is -1.06. The molecule has 0 aliphatic heterocycles. The van der Waals surface area contributed by atoms with Crippen molar-refractivity contribution in [2.24, 2.45) is 0 Å². The van der Waals surface area contributed by atoms with E-state index in [0.29, 0.717) is 5.56 Å². The van der Waals surface area contributed by atoms with Gasteiger partial charge in [-0.1, -0.05) is 18.2 Å². The van der Waals surface area contributed by atoms with Gasteiger partial charge in [-0.3, -0.25) is 10.1 Å². The molecule has 88 valence electrons. The van der Waals surface area contributed by atoms with Gasteiger partial charge in [-0.05, 0) is 18.1 Å². The third-order valence-electron chi connectivity index (χ3n) is 2.06. The van der Waals surface area contributed by atoms with E-state index in [1.54, 1.807) is 6.07 Å². The van der Waals surface area contributed by atoms with Crippen molar-refractivity contribution in [2.45, 2.75) is 6.42 Å². The van der Waals surface area contributed by atoms with Gasteiger partial charge in [-0.15, -0.1) is 6.58 Å². The summed E-state index contributed by atoms with van der Waals surface area (Å²) >= 11 is 0. The number of carboxylic acids is 1. The second-order valence-corrected chi connectivity index (χ2v) is 3.32.